The lowest BCUT2D eigenvalue weighted by atomic mass is 10.1. The van der Waals surface area contributed by atoms with E-state index in [9.17, 15) is 22.0 Å². The summed E-state index contributed by atoms with van der Waals surface area (Å²) in [5, 5.41) is -3.73. The molecule has 4 nitrogen and oxygen atoms in total. The topological polar surface area (TPSA) is 60.4 Å². The third-order valence-electron chi connectivity index (χ3n) is 4.27. The highest BCUT2D eigenvalue weighted by Crippen LogP contribution is 2.33. The zero-order chi connectivity index (χ0) is 19.5. The van der Waals surface area contributed by atoms with Crippen molar-refractivity contribution in [1.82, 2.24) is 0 Å². The van der Waals surface area contributed by atoms with E-state index in [1.165, 1.54) is 31.4 Å². The summed E-state index contributed by atoms with van der Waals surface area (Å²) in [5.41, 5.74) is 0. The Morgan fingerprint density at radius 3 is 1.96 bits per heavy atom. The highest BCUT2D eigenvalue weighted by atomic mass is 32.2. The molecule has 0 aromatic heterocycles. The summed E-state index contributed by atoms with van der Waals surface area (Å²) >= 11 is 0. The number of alkyl halides is 2. The number of benzene rings is 1. The van der Waals surface area contributed by atoms with Gasteiger partial charge in [0.15, 0.2) is 0 Å². The lowest BCUT2D eigenvalue weighted by Crippen LogP contribution is -2.28. The smallest absolute Gasteiger partial charge is 0.350 e. The number of halogens is 2. The van der Waals surface area contributed by atoms with Gasteiger partial charge in [-0.15, -0.1) is 0 Å². The highest BCUT2D eigenvalue weighted by molar-refractivity contribution is 7.92. The second kappa shape index (κ2) is 11.3. The molecule has 0 saturated carbocycles. The minimum absolute atomic E-state index is 0.182. The molecule has 0 aliphatic heterocycles. The Morgan fingerprint density at radius 1 is 0.923 bits per heavy atom. The van der Waals surface area contributed by atoms with Gasteiger partial charge in [0.25, 0.3) is 0 Å². The molecule has 1 rings (SSSR count). The van der Waals surface area contributed by atoms with Crippen LogP contribution in [0.25, 0.3) is 0 Å². The van der Waals surface area contributed by atoms with Crippen LogP contribution in [0.15, 0.2) is 35.2 Å². The largest absolute Gasteiger partial charge is 0.469 e. The molecular formula is C19H28F2O4S. The van der Waals surface area contributed by atoms with Crippen LogP contribution in [0.2, 0.25) is 0 Å². The van der Waals surface area contributed by atoms with Crippen LogP contribution in [0, 0.1) is 0 Å². The molecule has 0 amide bonds. The Balaban J connectivity index is 2.18. The average Bonchev–Trinajstić information content (AvgIpc) is 2.63. The molecule has 0 radical (unpaired) electrons. The summed E-state index contributed by atoms with van der Waals surface area (Å²) in [6.07, 6.45) is 6.01. The van der Waals surface area contributed by atoms with E-state index in [4.69, 9.17) is 0 Å². The fourth-order valence-corrected chi connectivity index (χ4v) is 3.94. The summed E-state index contributed by atoms with van der Waals surface area (Å²) in [6.45, 7) is 0. The van der Waals surface area contributed by atoms with Crippen LogP contribution in [-0.2, 0) is 19.4 Å². The van der Waals surface area contributed by atoms with Gasteiger partial charge < -0.3 is 4.74 Å². The molecule has 0 heterocycles. The molecule has 0 atom stereocenters. The Hall–Kier alpha value is -1.50. The summed E-state index contributed by atoms with van der Waals surface area (Å²) in [6, 6.07) is 6.86. The van der Waals surface area contributed by atoms with E-state index in [0.29, 0.717) is 12.8 Å². The van der Waals surface area contributed by atoms with Crippen molar-refractivity contribution in [1.29, 1.82) is 0 Å². The van der Waals surface area contributed by atoms with E-state index in [1.54, 1.807) is 6.07 Å². The Morgan fingerprint density at radius 2 is 1.42 bits per heavy atom. The number of rotatable bonds is 13. The van der Waals surface area contributed by atoms with Crippen molar-refractivity contribution < 1.29 is 26.7 Å². The molecule has 0 bridgehead atoms. The van der Waals surface area contributed by atoms with Crippen LogP contribution < -0.4 is 0 Å². The van der Waals surface area contributed by atoms with Crippen molar-refractivity contribution in [3.63, 3.8) is 0 Å². The van der Waals surface area contributed by atoms with Crippen LogP contribution in [0.4, 0.5) is 8.78 Å². The lowest BCUT2D eigenvalue weighted by molar-refractivity contribution is -0.140. The summed E-state index contributed by atoms with van der Waals surface area (Å²) in [4.78, 5) is 10.6. The molecule has 0 aliphatic rings. The predicted molar refractivity (Wildman–Crippen MR) is 96.8 cm³/mol. The predicted octanol–water partition coefficient (Wildman–Crippen LogP) is 5.13. The quantitative estimate of drug-likeness (QED) is 0.346. The molecule has 0 saturated heterocycles. The van der Waals surface area contributed by atoms with Gasteiger partial charge in [0, 0.05) is 12.8 Å². The number of sulfone groups is 1. The summed E-state index contributed by atoms with van der Waals surface area (Å²) < 4.78 is 56.7. The van der Waals surface area contributed by atoms with E-state index in [2.05, 4.69) is 4.74 Å². The first-order valence-electron chi connectivity index (χ1n) is 9.05. The molecule has 0 fully saturated rings. The molecule has 0 N–H and O–H groups in total. The van der Waals surface area contributed by atoms with E-state index in [0.717, 1.165) is 38.5 Å². The number of esters is 1. The summed E-state index contributed by atoms with van der Waals surface area (Å²) in [5.74, 6) is -0.198. The van der Waals surface area contributed by atoms with Crippen LogP contribution in [0.5, 0.6) is 0 Å². The Bertz CT molecular complexity index is 630. The number of methoxy groups -OCH3 is 1. The van der Waals surface area contributed by atoms with E-state index in [-0.39, 0.29) is 17.3 Å². The lowest BCUT2D eigenvalue weighted by Gasteiger charge is -2.17. The first kappa shape index (κ1) is 22.5. The number of hydrogen-bond donors (Lipinski definition) is 0. The second-order valence-corrected chi connectivity index (χ2v) is 8.43. The summed E-state index contributed by atoms with van der Waals surface area (Å²) in [7, 11) is -3.25. The minimum Gasteiger partial charge on any atom is -0.469 e. The van der Waals surface area contributed by atoms with Gasteiger partial charge in [0.05, 0.1) is 12.0 Å². The van der Waals surface area contributed by atoms with Gasteiger partial charge in [-0.1, -0.05) is 56.7 Å². The van der Waals surface area contributed by atoms with Gasteiger partial charge in [-0.2, -0.15) is 8.78 Å². The molecule has 148 valence electrons. The van der Waals surface area contributed by atoms with Crippen molar-refractivity contribution in [3.05, 3.63) is 30.3 Å². The number of carbonyl (C=O) groups excluding carboxylic acids is 1. The molecule has 0 spiro atoms. The number of carbonyl (C=O) groups is 1. The fourth-order valence-electron chi connectivity index (χ4n) is 2.67. The van der Waals surface area contributed by atoms with Gasteiger partial charge in [0.1, 0.15) is 0 Å². The number of hydrogen-bond acceptors (Lipinski definition) is 4. The molecular weight excluding hydrogens is 362 g/mol. The number of ether oxygens (including phenoxy) is 1. The van der Waals surface area contributed by atoms with Crippen molar-refractivity contribution in [2.75, 3.05) is 7.11 Å². The van der Waals surface area contributed by atoms with Crippen LogP contribution >= 0.6 is 0 Å². The molecule has 26 heavy (non-hydrogen) atoms. The highest BCUT2D eigenvalue weighted by Gasteiger charge is 2.44. The van der Waals surface area contributed by atoms with Gasteiger partial charge in [-0.3, -0.25) is 4.79 Å². The van der Waals surface area contributed by atoms with Gasteiger partial charge in [-0.25, -0.2) is 8.42 Å². The van der Waals surface area contributed by atoms with Crippen molar-refractivity contribution in [2.24, 2.45) is 0 Å². The fraction of sp³-hybridized carbons (Fsp3) is 0.632. The van der Waals surface area contributed by atoms with Gasteiger partial charge in [0.2, 0.25) is 9.84 Å². The molecule has 0 unspecified atom stereocenters. The molecule has 0 aliphatic carbocycles. The SMILES string of the molecule is COC(=O)CCCCCCCCCCC(F)(F)S(=O)(=O)c1ccccc1. The third kappa shape index (κ3) is 7.40. The average molecular weight is 390 g/mol. The van der Waals surface area contributed by atoms with Gasteiger partial charge >= 0.3 is 11.2 Å². The van der Waals surface area contributed by atoms with Crippen molar-refractivity contribution >= 4 is 15.8 Å². The number of unbranched alkanes of at least 4 members (excludes halogenated alkanes) is 7. The first-order chi connectivity index (χ1) is 12.3. The van der Waals surface area contributed by atoms with Crippen LogP contribution in [0.3, 0.4) is 0 Å². The van der Waals surface area contributed by atoms with E-state index >= 15 is 0 Å². The van der Waals surface area contributed by atoms with Gasteiger partial charge in [-0.05, 0) is 25.0 Å². The zero-order valence-corrected chi connectivity index (χ0v) is 16.1. The maximum Gasteiger partial charge on any atom is 0.350 e. The normalized spacial score (nSPS) is 12.1. The molecule has 1 aromatic rings. The van der Waals surface area contributed by atoms with Crippen molar-refractivity contribution in [3.8, 4) is 0 Å². The van der Waals surface area contributed by atoms with E-state index < -0.39 is 21.5 Å². The Kier molecular flexibility index (Phi) is 9.76. The molecule has 1 aromatic carbocycles. The van der Waals surface area contributed by atoms with Crippen LogP contribution in [-0.4, -0.2) is 26.8 Å². The maximum absolute atomic E-state index is 14.1. The monoisotopic (exact) mass is 390 g/mol. The minimum atomic E-state index is -4.63. The maximum atomic E-state index is 14.1. The zero-order valence-electron chi connectivity index (χ0n) is 15.3. The third-order valence-corrected chi connectivity index (χ3v) is 6.16. The Labute approximate surface area is 154 Å². The van der Waals surface area contributed by atoms with Crippen LogP contribution in [0.1, 0.15) is 64.2 Å². The van der Waals surface area contributed by atoms with E-state index in [1.807, 2.05) is 0 Å². The molecule has 7 heteroatoms. The van der Waals surface area contributed by atoms with Crippen molar-refractivity contribution in [2.45, 2.75) is 74.4 Å². The first-order valence-corrected chi connectivity index (χ1v) is 10.5. The standard InChI is InChI=1S/C19H28F2O4S/c1-25-18(22)15-11-6-4-2-3-5-7-12-16-19(20,21)26(23,24)17-13-9-8-10-14-17/h8-10,13-14H,2-7,11-12,15-16H2,1H3. The second-order valence-electron chi connectivity index (χ2n) is 6.36.